The molecular formula is C26H26ClN3O3. The standard InChI is InChI=1S/C26H26ClN3O3/c1-5-31-22-12-16(10-11-21(22)32-15-17-8-6-7-9-20(17)27)23-18(13-28)24(26(2,3)4)33-25(30)19(23)14-29/h6-12,23H,5,15,30H2,1-4H3/t23-/m1/s1. The Hall–Kier alpha value is -3.61. The van der Waals surface area contributed by atoms with E-state index in [-0.39, 0.29) is 18.1 Å². The van der Waals surface area contributed by atoms with Crippen molar-refractivity contribution < 1.29 is 14.2 Å². The van der Waals surface area contributed by atoms with E-state index in [4.69, 9.17) is 31.5 Å². The Kier molecular flexibility index (Phi) is 7.21. The summed E-state index contributed by atoms with van der Waals surface area (Å²) in [6.07, 6.45) is 0. The van der Waals surface area contributed by atoms with Crippen LogP contribution in [0.2, 0.25) is 5.02 Å². The summed E-state index contributed by atoms with van der Waals surface area (Å²) in [5, 5.41) is 20.4. The highest BCUT2D eigenvalue weighted by Crippen LogP contribution is 2.45. The van der Waals surface area contributed by atoms with E-state index in [1.54, 1.807) is 18.2 Å². The second-order valence-corrected chi connectivity index (χ2v) is 8.96. The van der Waals surface area contributed by atoms with Crippen molar-refractivity contribution in [3.05, 3.63) is 81.4 Å². The average molecular weight is 464 g/mol. The van der Waals surface area contributed by atoms with E-state index in [0.717, 1.165) is 5.56 Å². The number of nitriles is 2. The topological polar surface area (TPSA) is 101 Å². The van der Waals surface area contributed by atoms with Gasteiger partial charge >= 0.3 is 0 Å². The summed E-state index contributed by atoms with van der Waals surface area (Å²) in [5.74, 6) is 0.812. The highest BCUT2D eigenvalue weighted by atomic mass is 35.5. The second-order valence-electron chi connectivity index (χ2n) is 8.55. The molecule has 2 aromatic carbocycles. The molecule has 6 nitrogen and oxygen atoms in total. The van der Waals surface area contributed by atoms with E-state index < -0.39 is 11.3 Å². The Bertz CT molecular complexity index is 1200. The Morgan fingerprint density at radius 3 is 2.33 bits per heavy atom. The lowest BCUT2D eigenvalue weighted by atomic mass is 9.79. The zero-order chi connectivity index (χ0) is 24.2. The van der Waals surface area contributed by atoms with Gasteiger partial charge in [-0.2, -0.15) is 10.5 Å². The number of hydrogen-bond donors (Lipinski definition) is 1. The van der Waals surface area contributed by atoms with Crippen LogP contribution in [0.3, 0.4) is 0 Å². The molecule has 0 bridgehead atoms. The first-order valence-electron chi connectivity index (χ1n) is 10.6. The normalized spacial score (nSPS) is 16.0. The monoisotopic (exact) mass is 463 g/mol. The minimum Gasteiger partial charge on any atom is -0.490 e. The van der Waals surface area contributed by atoms with Gasteiger partial charge in [-0.1, -0.05) is 56.6 Å². The molecule has 2 aromatic rings. The van der Waals surface area contributed by atoms with Crippen LogP contribution in [0.15, 0.2) is 65.3 Å². The van der Waals surface area contributed by atoms with Crippen LogP contribution >= 0.6 is 11.6 Å². The number of halogens is 1. The molecule has 0 saturated carbocycles. The van der Waals surface area contributed by atoms with Crippen LogP contribution in [0.4, 0.5) is 0 Å². The van der Waals surface area contributed by atoms with Crippen molar-refractivity contribution in [3.63, 3.8) is 0 Å². The summed E-state index contributed by atoms with van der Waals surface area (Å²) in [4.78, 5) is 0. The summed E-state index contributed by atoms with van der Waals surface area (Å²) in [6.45, 7) is 8.34. The molecule has 0 aliphatic carbocycles. The van der Waals surface area contributed by atoms with Crippen molar-refractivity contribution in [1.82, 2.24) is 0 Å². The van der Waals surface area contributed by atoms with E-state index in [1.807, 2.05) is 52.0 Å². The van der Waals surface area contributed by atoms with Crippen molar-refractivity contribution in [1.29, 1.82) is 10.5 Å². The molecule has 7 heteroatoms. The lowest BCUT2D eigenvalue weighted by Gasteiger charge is -2.32. The maximum Gasteiger partial charge on any atom is 0.205 e. The van der Waals surface area contributed by atoms with E-state index in [9.17, 15) is 10.5 Å². The first-order valence-corrected chi connectivity index (χ1v) is 10.9. The highest BCUT2D eigenvalue weighted by Gasteiger charge is 2.37. The Morgan fingerprint density at radius 2 is 1.73 bits per heavy atom. The quantitative estimate of drug-likeness (QED) is 0.568. The van der Waals surface area contributed by atoms with Gasteiger partial charge in [0.25, 0.3) is 0 Å². The van der Waals surface area contributed by atoms with E-state index in [0.29, 0.717) is 40.0 Å². The van der Waals surface area contributed by atoms with Crippen LogP contribution in [0.5, 0.6) is 11.5 Å². The van der Waals surface area contributed by atoms with Gasteiger partial charge < -0.3 is 19.9 Å². The fourth-order valence-corrected chi connectivity index (χ4v) is 3.82. The minimum absolute atomic E-state index is 0.00318. The highest BCUT2D eigenvalue weighted by molar-refractivity contribution is 6.31. The maximum atomic E-state index is 9.99. The number of hydrogen-bond acceptors (Lipinski definition) is 6. The number of rotatable bonds is 6. The smallest absolute Gasteiger partial charge is 0.205 e. The fraction of sp³-hybridized carbons (Fsp3) is 0.308. The molecule has 0 unspecified atom stereocenters. The van der Waals surface area contributed by atoms with Gasteiger partial charge in [0.05, 0.1) is 24.2 Å². The van der Waals surface area contributed by atoms with Crippen LogP contribution in [0.25, 0.3) is 0 Å². The molecule has 0 fully saturated rings. The minimum atomic E-state index is -0.667. The number of nitrogens with two attached hydrogens (primary N) is 1. The van der Waals surface area contributed by atoms with Crippen LogP contribution < -0.4 is 15.2 Å². The maximum absolute atomic E-state index is 9.99. The zero-order valence-electron chi connectivity index (χ0n) is 19.1. The van der Waals surface area contributed by atoms with Gasteiger partial charge in [0.1, 0.15) is 24.0 Å². The predicted octanol–water partition coefficient (Wildman–Crippen LogP) is 5.95. The van der Waals surface area contributed by atoms with Gasteiger partial charge in [-0.05, 0) is 30.7 Å². The molecule has 170 valence electrons. The third kappa shape index (κ3) is 5.08. The van der Waals surface area contributed by atoms with Crippen LogP contribution in [0, 0.1) is 28.1 Å². The lowest BCUT2D eigenvalue weighted by Crippen LogP contribution is -2.26. The molecule has 2 N–H and O–H groups in total. The van der Waals surface area contributed by atoms with Crippen molar-refractivity contribution in [2.45, 2.75) is 40.2 Å². The lowest BCUT2D eigenvalue weighted by molar-refractivity contribution is 0.199. The molecular weight excluding hydrogens is 438 g/mol. The van der Waals surface area contributed by atoms with E-state index in [2.05, 4.69) is 12.1 Å². The Labute approximate surface area is 199 Å². The van der Waals surface area contributed by atoms with Crippen LogP contribution in [-0.2, 0) is 11.3 Å². The Balaban J connectivity index is 2.05. The summed E-state index contributed by atoms with van der Waals surface area (Å²) >= 11 is 6.24. The van der Waals surface area contributed by atoms with Crippen molar-refractivity contribution in [2.24, 2.45) is 11.1 Å². The molecule has 0 spiro atoms. The molecule has 1 atom stereocenters. The largest absolute Gasteiger partial charge is 0.490 e. The first kappa shape index (κ1) is 24.0. The molecule has 0 saturated heterocycles. The van der Waals surface area contributed by atoms with Gasteiger partial charge in [0.15, 0.2) is 11.5 Å². The zero-order valence-corrected chi connectivity index (χ0v) is 19.9. The van der Waals surface area contributed by atoms with Gasteiger partial charge in [-0.25, -0.2) is 0 Å². The number of benzene rings is 2. The van der Waals surface area contributed by atoms with Crippen molar-refractivity contribution in [2.75, 3.05) is 6.61 Å². The molecule has 0 radical (unpaired) electrons. The average Bonchev–Trinajstić information content (AvgIpc) is 2.78. The summed E-state index contributed by atoms with van der Waals surface area (Å²) in [6, 6.07) is 17.2. The van der Waals surface area contributed by atoms with Crippen LogP contribution in [-0.4, -0.2) is 6.61 Å². The summed E-state index contributed by atoms with van der Waals surface area (Å²) in [7, 11) is 0. The number of nitrogens with zero attached hydrogens (tertiary/aromatic N) is 2. The number of allylic oxidation sites excluding steroid dienone is 3. The second kappa shape index (κ2) is 9.90. The molecule has 1 aliphatic rings. The van der Waals surface area contributed by atoms with Gasteiger partial charge in [-0.3, -0.25) is 0 Å². The molecule has 1 heterocycles. The van der Waals surface area contributed by atoms with Crippen LogP contribution in [0.1, 0.15) is 44.7 Å². The van der Waals surface area contributed by atoms with Crippen molar-refractivity contribution in [3.8, 4) is 23.6 Å². The summed E-state index contributed by atoms with van der Waals surface area (Å²) in [5.41, 5.74) is 7.69. The third-order valence-corrected chi connectivity index (χ3v) is 5.53. The summed E-state index contributed by atoms with van der Waals surface area (Å²) < 4.78 is 17.5. The predicted molar refractivity (Wildman–Crippen MR) is 126 cm³/mol. The molecule has 0 amide bonds. The van der Waals surface area contributed by atoms with Gasteiger partial charge in [0.2, 0.25) is 5.88 Å². The fourth-order valence-electron chi connectivity index (χ4n) is 3.63. The SMILES string of the molecule is CCOc1cc([C@H]2C(C#N)=C(N)OC(C(C)(C)C)=C2C#N)ccc1OCc1ccccc1Cl. The molecule has 0 aromatic heterocycles. The van der Waals surface area contributed by atoms with Gasteiger partial charge in [0, 0.05) is 16.0 Å². The molecule has 1 aliphatic heterocycles. The number of ether oxygens (including phenoxy) is 3. The Morgan fingerprint density at radius 1 is 1.03 bits per heavy atom. The van der Waals surface area contributed by atoms with E-state index >= 15 is 0 Å². The van der Waals surface area contributed by atoms with E-state index in [1.165, 1.54) is 0 Å². The third-order valence-electron chi connectivity index (χ3n) is 5.16. The molecule has 3 rings (SSSR count). The van der Waals surface area contributed by atoms with Crippen molar-refractivity contribution >= 4 is 11.6 Å². The first-order chi connectivity index (χ1) is 15.7. The molecule has 33 heavy (non-hydrogen) atoms. The van der Waals surface area contributed by atoms with Gasteiger partial charge in [-0.15, -0.1) is 0 Å².